The molecule has 2 rings (SSSR count). The van der Waals surface area contributed by atoms with Crippen LogP contribution in [0.4, 0.5) is 0 Å². The first-order chi connectivity index (χ1) is 8.27. The van der Waals surface area contributed by atoms with E-state index in [0.717, 1.165) is 17.9 Å². The zero-order valence-corrected chi connectivity index (χ0v) is 11.0. The quantitative estimate of drug-likeness (QED) is 0.769. The summed E-state index contributed by atoms with van der Waals surface area (Å²) in [5.74, 6) is 0. The van der Waals surface area contributed by atoms with Crippen molar-refractivity contribution in [1.82, 2.24) is 0 Å². The van der Waals surface area contributed by atoms with Crippen LogP contribution in [0.2, 0.25) is 0 Å². The van der Waals surface area contributed by atoms with Crippen LogP contribution in [-0.4, -0.2) is 6.54 Å². The zero-order valence-electron chi connectivity index (χ0n) is 10.1. The number of nitrogens with two attached hydrogens (primary N) is 1. The van der Waals surface area contributed by atoms with Gasteiger partial charge in [0.1, 0.15) is 0 Å². The van der Waals surface area contributed by atoms with Gasteiger partial charge in [0.05, 0.1) is 0 Å². The first-order valence-corrected chi connectivity index (χ1v) is 6.27. The standard InChI is InChI=1S/C12H10S.C3H9N/c13-12-8-6-11(7-9-12)10-4-2-1-3-5-10;1-2-3-4/h1-9,13H;2-4H2,1H3. The second kappa shape index (κ2) is 7.93. The Morgan fingerprint density at radius 2 is 1.35 bits per heavy atom. The summed E-state index contributed by atoms with van der Waals surface area (Å²) in [6, 6.07) is 18.5. The molecule has 2 aromatic carbocycles. The predicted molar refractivity (Wildman–Crippen MR) is 78.5 cm³/mol. The number of hydrogen-bond donors (Lipinski definition) is 2. The first kappa shape index (κ1) is 13.8. The smallest absolute Gasteiger partial charge is 0.00404 e. The van der Waals surface area contributed by atoms with Gasteiger partial charge in [0.2, 0.25) is 0 Å². The first-order valence-electron chi connectivity index (χ1n) is 5.82. The van der Waals surface area contributed by atoms with Gasteiger partial charge < -0.3 is 5.73 Å². The van der Waals surface area contributed by atoms with Crippen LogP contribution in [0, 0.1) is 0 Å². The summed E-state index contributed by atoms with van der Waals surface area (Å²) in [5.41, 5.74) is 7.51. The fourth-order valence-electron chi connectivity index (χ4n) is 1.28. The van der Waals surface area contributed by atoms with Crippen LogP contribution in [0.5, 0.6) is 0 Å². The van der Waals surface area contributed by atoms with Gasteiger partial charge in [0.25, 0.3) is 0 Å². The van der Waals surface area contributed by atoms with Gasteiger partial charge in [-0.15, -0.1) is 12.6 Å². The maximum absolute atomic E-state index is 5.03. The summed E-state index contributed by atoms with van der Waals surface area (Å²) in [5, 5.41) is 0. The second-order valence-corrected chi connectivity index (χ2v) is 4.22. The van der Waals surface area contributed by atoms with E-state index in [0.29, 0.717) is 0 Å². The average Bonchev–Trinajstić information content (AvgIpc) is 2.41. The molecule has 1 nitrogen and oxygen atoms in total. The minimum Gasteiger partial charge on any atom is -0.330 e. The van der Waals surface area contributed by atoms with Gasteiger partial charge in [-0.2, -0.15) is 0 Å². The van der Waals surface area contributed by atoms with Crippen molar-refractivity contribution in [2.75, 3.05) is 6.54 Å². The molecule has 0 amide bonds. The van der Waals surface area contributed by atoms with E-state index in [1.165, 1.54) is 11.1 Å². The number of benzene rings is 2. The van der Waals surface area contributed by atoms with Crippen LogP contribution < -0.4 is 5.73 Å². The number of hydrogen-bond acceptors (Lipinski definition) is 2. The third-order valence-electron chi connectivity index (χ3n) is 2.26. The van der Waals surface area contributed by atoms with Gasteiger partial charge in [-0.25, -0.2) is 0 Å². The largest absolute Gasteiger partial charge is 0.330 e. The second-order valence-electron chi connectivity index (χ2n) is 3.70. The van der Waals surface area contributed by atoms with E-state index in [9.17, 15) is 0 Å². The van der Waals surface area contributed by atoms with E-state index in [4.69, 9.17) is 5.73 Å². The van der Waals surface area contributed by atoms with E-state index >= 15 is 0 Å². The maximum Gasteiger partial charge on any atom is 0.00404 e. The molecule has 90 valence electrons. The lowest BCUT2D eigenvalue weighted by molar-refractivity contribution is 0.932. The molecule has 2 aromatic rings. The lowest BCUT2D eigenvalue weighted by atomic mass is 10.1. The molecule has 17 heavy (non-hydrogen) atoms. The van der Waals surface area contributed by atoms with E-state index in [1.807, 2.05) is 30.3 Å². The molecule has 0 fully saturated rings. The van der Waals surface area contributed by atoms with Gasteiger partial charge in [-0.3, -0.25) is 0 Å². The Morgan fingerprint density at radius 3 is 1.82 bits per heavy atom. The van der Waals surface area contributed by atoms with Crippen molar-refractivity contribution >= 4 is 12.6 Å². The van der Waals surface area contributed by atoms with Crippen molar-refractivity contribution in [3.05, 3.63) is 54.6 Å². The normalized spacial score (nSPS) is 9.35. The molecular weight excluding hydrogens is 226 g/mol. The Balaban J connectivity index is 0.000000317. The van der Waals surface area contributed by atoms with Crippen molar-refractivity contribution in [3.63, 3.8) is 0 Å². The van der Waals surface area contributed by atoms with Crippen LogP contribution >= 0.6 is 12.6 Å². The molecule has 0 aromatic heterocycles. The summed E-state index contributed by atoms with van der Waals surface area (Å²) in [6.07, 6.45) is 1.10. The van der Waals surface area contributed by atoms with Gasteiger partial charge in [0, 0.05) is 4.90 Å². The fraction of sp³-hybridized carbons (Fsp3) is 0.200. The zero-order chi connectivity index (χ0) is 12.5. The molecule has 2 N–H and O–H groups in total. The Morgan fingerprint density at radius 1 is 0.882 bits per heavy atom. The van der Waals surface area contributed by atoms with Crippen LogP contribution in [-0.2, 0) is 0 Å². The molecule has 0 aliphatic carbocycles. The van der Waals surface area contributed by atoms with Crippen LogP contribution in [0.1, 0.15) is 13.3 Å². The topological polar surface area (TPSA) is 26.0 Å². The van der Waals surface area contributed by atoms with E-state index in [2.05, 4.69) is 43.8 Å². The Kier molecular flexibility index (Phi) is 6.45. The van der Waals surface area contributed by atoms with Crippen molar-refractivity contribution in [3.8, 4) is 11.1 Å². The van der Waals surface area contributed by atoms with Crippen molar-refractivity contribution in [2.45, 2.75) is 18.2 Å². The van der Waals surface area contributed by atoms with E-state index in [-0.39, 0.29) is 0 Å². The average molecular weight is 245 g/mol. The SMILES string of the molecule is CCCN.Sc1ccc(-c2ccccc2)cc1. The Labute approximate surface area is 109 Å². The Hall–Kier alpha value is -1.25. The molecule has 0 aliphatic heterocycles. The summed E-state index contributed by atoms with van der Waals surface area (Å²) in [7, 11) is 0. The fourth-order valence-corrected chi connectivity index (χ4v) is 1.43. The van der Waals surface area contributed by atoms with Gasteiger partial charge in [-0.05, 0) is 36.2 Å². The van der Waals surface area contributed by atoms with E-state index < -0.39 is 0 Å². The van der Waals surface area contributed by atoms with Crippen LogP contribution in [0.3, 0.4) is 0 Å². The number of thiol groups is 1. The van der Waals surface area contributed by atoms with Gasteiger partial charge in [0.15, 0.2) is 0 Å². The molecule has 0 atom stereocenters. The highest BCUT2D eigenvalue weighted by atomic mass is 32.1. The van der Waals surface area contributed by atoms with Crippen molar-refractivity contribution in [1.29, 1.82) is 0 Å². The van der Waals surface area contributed by atoms with Crippen molar-refractivity contribution < 1.29 is 0 Å². The van der Waals surface area contributed by atoms with Gasteiger partial charge >= 0.3 is 0 Å². The summed E-state index contributed by atoms with van der Waals surface area (Å²) < 4.78 is 0. The Bertz CT molecular complexity index is 407. The number of rotatable bonds is 2. The summed E-state index contributed by atoms with van der Waals surface area (Å²) >= 11 is 4.24. The molecule has 0 saturated carbocycles. The minimum atomic E-state index is 0.819. The lowest BCUT2D eigenvalue weighted by Gasteiger charge is -2.00. The predicted octanol–water partition coefficient (Wildman–Crippen LogP) is 4.00. The third-order valence-corrected chi connectivity index (χ3v) is 2.56. The molecule has 0 bridgehead atoms. The maximum atomic E-state index is 5.03. The lowest BCUT2D eigenvalue weighted by Crippen LogP contribution is -1.93. The van der Waals surface area contributed by atoms with Crippen LogP contribution in [0.15, 0.2) is 59.5 Å². The van der Waals surface area contributed by atoms with Crippen molar-refractivity contribution in [2.24, 2.45) is 5.73 Å². The molecule has 0 spiro atoms. The minimum absolute atomic E-state index is 0.819. The highest BCUT2D eigenvalue weighted by Crippen LogP contribution is 2.19. The highest BCUT2D eigenvalue weighted by molar-refractivity contribution is 7.80. The third kappa shape index (κ3) is 5.07. The molecule has 0 unspecified atom stereocenters. The molecule has 0 saturated heterocycles. The molecule has 0 heterocycles. The highest BCUT2D eigenvalue weighted by Gasteiger charge is 1.94. The molecule has 0 radical (unpaired) electrons. The summed E-state index contributed by atoms with van der Waals surface area (Å²) in [4.78, 5) is 1.000. The summed E-state index contributed by atoms with van der Waals surface area (Å²) in [6.45, 7) is 2.88. The molecule has 2 heteroatoms. The molecule has 0 aliphatic rings. The van der Waals surface area contributed by atoms with Gasteiger partial charge in [-0.1, -0.05) is 49.4 Å². The molecular formula is C15H19NS. The van der Waals surface area contributed by atoms with E-state index in [1.54, 1.807) is 0 Å². The van der Waals surface area contributed by atoms with Crippen LogP contribution in [0.25, 0.3) is 11.1 Å². The monoisotopic (exact) mass is 245 g/mol.